The summed E-state index contributed by atoms with van der Waals surface area (Å²) < 4.78 is 14.8. The molecule has 0 aliphatic carbocycles. The van der Waals surface area contributed by atoms with Gasteiger partial charge in [-0.25, -0.2) is 4.79 Å². The zero-order valence-electron chi connectivity index (χ0n) is 12.0. The first-order valence-electron chi connectivity index (χ1n) is 6.36. The van der Waals surface area contributed by atoms with Crippen LogP contribution in [-0.4, -0.2) is 18.2 Å². The molecular weight excluding hydrogens is 288 g/mol. The Kier molecular flexibility index (Phi) is 4.63. The van der Waals surface area contributed by atoms with E-state index >= 15 is 0 Å². The van der Waals surface area contributed by atoms with Crippen molar-refractivity contribution < 1.29 is 23.8 Å². The molecule has 0 spiro atoms. The van der Waals surface area contributed by atoms with Gasteiger partial charge >= 0.3 is 5.97 Å². The Balaban J connectivity index is 2.11. The van der Waals surface area contributed by atoms with Crippen LogP contribution in [0, 0.1) is 0 Å². The van der Waals surface area contributed by atoms with E-state index in [0.29, 0.717) is 11.3 Å². The Labute approximate surface area is 126 Å². The van der Waals surface area contributed by atoms with Gasteiger partial charge in [0.1, 0.15) is 12.0 Å². The molecule has 0 radical (unpaired) electrons. The van der Waals surface area contributed by atoms with Crippen LogP contribution in [0.4, 0.5) is 0 Å². The monoisotopic (exact) mass is 302 g/mol. The number of ether oxygens (including phenoxy) is 2. The third-order valence-corrected chi connectivity index (χ3v) is 2.80. The SMILES string of the molecule is COc1ccc(/C=C(\C)C(=O)Oc2cc(=O)c(O)co2)cc1. The van der Waals surface area contributed by atoms with Crippen LogP contribution in [0.5, 0.6) is 17.4 Å². The second-order valence-electron chi connectivity index (χ2n) is 4.44. The first kappa shape index (κ1) is 15.4. The molecule has 0 bridgehead atoms. The van der Waals surface area contributed by atoms with Gasteiger partial charge in [0.25, 0.3) is 5.95 Å². The lowest BCUT2D eigenvalue weighted by atomic mass is 10.1. The quantitative estimate of drug-likeness (QED) is 0.689. The summed E-state index contributed by atoms with van der Waals surface area (Å²) in [5.74, 6) is -0.784. The summed E-state index contributed by atoms with van der Waals surface area (Å²) >= 11 is 0. The highest BCUT2D eigenvalue weighted by Crippen LogP contribution is 2.16. The molecule has 2 aromatic rings. The molecule has 1 aromatic heterocycles. The molecule has 114 valence electrons. The van der Waals surface area contributed by atoms with Crippen molar-refractivity contribution in [3.8, 4) is 17.4 Å². The maximum absolute atomic E-state index is 11.9. The van der Waals surface area contributed by atoms with Crippen LogP contribution >= 0.6 is 0 Å². The summed E-state index contributed by atoms with van der Waals surface area (Å²) in [5.41, 5.74) is 0.425. The Morgan fingerprint density at radius 2 is 1.95 bits per heavy atom. The first-order valence-corrected chi connectivity index (χ1v) is 6.36. The van der Waals surface area contributed by atoms with Gasteiger partial charge in [-0.15, -0.1) is 0 Å². The van der Waals surface area contributed by atoms with Crippen LogP contribution in [0.1, 0.15) is 12.5 Å². The molecule has 0 amide bonds. The lowest BCUT2D eigenvalue weighted by Crippen LogP contribution is -2.10. The molecule has 1 N–H and O–H groups in total. The van der Waals surface area contributed by atoms with Crippen molar-refractivity contribution in [2.75, 3.05) is 7.11 Å². The molecule has 0 saturated heterocycles. The van der Waals surface area contributed by atoms with Crippen molar-refractivity contribution in [3.63, 3.8) is 0 Å². The summed E-state index contributed by atoms with van der Waals surface area (Å²) in [6.45, 7) is 1.57. The van der Waals surface area contributed by atoms with E-state index in [2.05, 4.69) is 0 Å². The van der Waals surface area contributed by atoms with E-state index in [9.17, 15) is 9.59 Å². The molecule has 1 heterocycles. The topological polar surface area (TPSA) is 86.0 Å². The highest BCUT2D eigenvalue weighted by molar-refractivity contribution is 5.94. The van der Waals surface area contributed by atoms with Gasteiger partial charge in [0.2, 0.25) is 5.43 Å². The molecule has 6 heteroatoms. The molecule has 2 rings (SSSR count). The summed E-state index contributed by atoms with van der Waals surface area (Å²) in [6, 6.07) is 8.01. The normalized spacial score (nSPS) is 11.1. The minimum absolute atomic E-state index is 0.282. The zero-order valence-corrected chi connectivity index (χ0v) is 12.0. The molecule has 22 heavy (non-hydrogen) atoms. The molecule has 0 aliphatic rings. The predicted molar refractivity (Wildman–Crippen MR) is 78.9 cm³/mol. The van der Waals surface area contributed by atoms with Gasteiger partial charge in [0.05, 0.1) is 13.2 Å². The lowest BCUT2D eigenvalue weighted by molar-refractivity contribution is -0.131. The van der Waals surface area contributed by atoms with E-state index in [1.54, 1.807) is 44.4 Å². The zero-order chi connectivity index (χ0) is 16.1. The van der Waals surface area contributed by atoms with Gasteiger partial charge in [0, 0.05) is 5.57 Å². The maximum Gasteiger partial charge on any atom is 0.341 e. The van der Waals surface area contributed by atoms with Crippen molar-refractivity contribution in [2.24, 2.45) is 0 Å². The minimum atomic E-state index is -0.689. The standard InChI is InChI=1S/C16H14O6/c1-10(7-11-3-5-12(20-2)6-4-11)16(19)22-15-8-13(17)14(18)9-21-15/h3-9,18H,1-2H3/b10-7+. The number of benzene rings is 1. The highest BCUT2D eigenvalue weighted by atomic mass is 16.6. The second kappa shape index (κ2) is 6.62. The van der Waals surface area contributed by atoms with Crippen LogP contribution in [0.25, 0.3) is 6.08 Å². The smallest absolute Gasteiger partial charge is 0.341 e. The fourth-order valence-electron chi connectivity index (χ4n) is 1.62. The fraction of sp³-hybridized carbons (Fsp3) is 0.125. The Hall–Kier alpha value is -3.02. The van der Waals surface area contributed by atoms with Gasteiger partial charge in [-0.2, -0.15) is 0 Å². The number of rotatable bonds is 4. The van der Waals surface area contributed by atoms with Crippen LogP contribution in [-0.2, 0) is 4.79 Å². The molecular formula is C16H14O6. The molecule has 0 unspecified atom stereocenters. The molecule has 0 aliphatic heterocycles. The van der Waals surface area contributed by atoms with Crippen molar-refractivity contribution >= 4 is 12.0 Å². The summed E-state index contributed by atoms with van der Waals surface area (Å²) in [4.78, 5) is 23.1. The van der Waals surface area contributed by atoms with E-state index in [-0.39, 0.29) is 5.95 Å². The number of aromatic hydroxyl groups is 1. The second-order valence-corrected chi connectivity index (χ2v) is 4.44. The van der Waals surface area contributed by atoms with Gasteiger partial charge < -0.3 is 19.0 Å². The highest BCUT2D eigenvalue weighted by Gasteiger charge is 2.11. The van der Waals surface area contributed by atoms with Crippen molar-refractivity contribution in [1.82, 2.24) is 0 Å². The number of hydrogen-bond donors (Lipinski definition) is 1. The number of esters is 1. The number of hydrogen-bond acceptors (Lipinski definition) is 6. The third kappa shape index (κ3) is 3.76. The molecule has 1 aromatic carbocycles. The minimum Gasteiger partial charge on any atom is -0.502 e. The van der Waals surface area contributed by atoms with E-state index in [1.165, 1.54) is 0 Å². The average molecular weight is 302 g/mol. The fourth-order valence-corrected chi connectivity index (χ4v) is 1.62. The summed E-state index contributed by atoms with van der Waals surface area (Å²) in [5, 5.41) is 9.06. The Morgan fingerprint density at radius 3 is 2.55 bits per heavy atom. The number of carbonyl (C=O) groups is 1. The van der Waals surface area contributed by atoms with Crippen LogP contribution < -0.4 is 14.9 Å². The van der Waals surface area contributed by atoms with Crippen molar-refractivity contribution in [1.29, 1.82) is 0 Å². The van der Waals surface area contributed by atoms with Gasteiger partial charge in [0.15, 0.2) is 5.75 Å². The molecule has 0 saturated carbocycles. The summed E-state index contributed by atoms with van der Waals surface area (Å²) in [6.07, 6.45) is 2.44. The number of methoxy groups -OCH3 is 1. The van der Waals surface area contributed by atoms with Crippen molar-refractivity contribution in [2.45, 2.75) is 6.92 Å². The van der Waals surface area contributed by atoms with E-state index in [4.69, 9.17) is 19.0 Å². The van der Waals surface area contributed by atoms with Crippen LogP contribution in [0.2, 0.25) is 0 Å². The van der Waals surface area contributed by atoms with Gasteiger partial charge in [-0.3, -0.25) is 4.79 Å². The Morgan fingerprint density at radius 1 is 1.27 bits per heavy atom. The van der Waals surface area contributed by atoms with E-state index in [0.717, 1.165) is 17.9 Å². The number of carbonyl (C=O) groups excluding carboxylic acids is 1. The van der Waals surface area contributed by atoms with E-state index in [1.807, 2.05) is 0 Å². The summed E-state index contributed by atoms with van der Waals surface area (Å²) in [7, 11) is 1.57. The van der Waals surface area contributed by atoms with Crippen molar-refractivity contribution in [3.05, 3.63) is 58.0 Å². The van der Waals surface area contributed by atoms with Crippen LogP contribution in [0.15, 0.2) is 51.4 Å². The first-order chi connectivity index (χ1) is 10.5. The maximum atomic E-state index is 11.9. The van der Waals surface area contributed by atoms with Gasteiger partial charge in [-0.05, 0) is 30.7 Å². The molecule has 0 atom stereocenters. The average Bonchev–Trinajstić information content (AvgIpc) is 2.51. The third-order valence-electron chi connectivity index (χ3n) is 2.80. The lowest BCUT2D eigenvalue weighted by Gasteiger charge is -2.04. The van der Waals surface area contributed by atoms with Gasteiger partial charge in [-0.1, -0.05) is 12.1 Å². The molecule has 0 fully saturated rings. The Bertz CT molecular complexity index is 755. The largest absolute Gasteiger partial charge is 0.502 e. The van der Waals surface area contributed by atoms with E-state index < -0.39 is 17.1 Å². The predicted octanol–water partition coefficient (Wildman–Crippen LogP) is 2.36. The van der Waals surface area contributed by atoms with Crippen LogP contribution in [0.3, 0.4) is 0 Å². The molecule has 6 nitrogen and oxygen atoms in total.